The molecule has 0 spiro atoms. The molecular formula is C15H20O4S. The third-order valence-corrected chi connectivity index (χ3v) is 4.31. The van der Waals surface area contributed by atoms with E-state index in [9.17, 15) is 13.8 Å². The molecule has 1 atom stereocenters. The summed E-state index contributed by atoms with van der Waals surface area (Å²) in [6.07, 6.45) is 0.131. The van der Waals surface area contributed by atoms with Crippen LogP contribution in [0.4, 0.5) is 0 Å². The first-order valence-electron chi connectivity index (χ1n) is 6.57. The van der Waals surface area contributed by atoms with Gasteiger partial charge >= 0.3 is 5.97 Å². The molecule has 4 nitrogen and oxygen atoms in total. The Morgan fingerprint density at radius 2 is 1.90 bits per heavy atom. The van der Waals surface area contributed by atoms with Crippen molar-refractivity contribution >= 4 is 22.6 Å². The van der Waals surface area contributed by atoms with Gasteiger partial charge in [0.25, 0.3) is 0 Å². The minimum Gasteiger partial charge on any atom is -0.466 e. The highest BCUT2D eigenvalue weighted by Crippen LogP contribution is 2.15. The molecule has 1 aromatic carbocycles. The molecule has 0 radical (unpaired) electrons. The first-order chi connectivity index (χ1) is 9.43. The summed E-state index contributed by atoms with van der Waals surface area (Å²) in [5.41, 5.74) is 1.92. The number of carbonyl (C=O) groups is 2. The predicted molar refractivity (Wildman–Crippen MR) is 78.1 cm³/mol. The fourth-order valence-corrected chi connectivity index (χ4v) is 3.06. The average Bonchev–Trinajstić information content (AvgIpc) is 2.39. The maximum atomic E-state index is 12.2. The van der Waals surface area contributed by atoms with Crippen LogP contribution in [0.5, 0.6) is 0 Å². The number of hydrogen-bond acceptors (Lipinski definition) is 4. The monoisotopic (exact) mass is 296 g/mol. The minimum atomic E-state index is -1.36. The Hall–Kier alpha value is -1.49. The molecule has 110 valence electrons. The molecule has 20 heavy (non-hydrogen) atoms. The summed E-state index contributed by atoms with van der Waals surface area (Å²) in [7, 11) is -1.36. The smallest absolute Gasteiger partial charge is 0.306 e. The van der Waals surface area contributed by atoms with Crippen LogP contribution in [-0.4, -0.2) is 28.3 Å². The van der Waals surface area contributed by atoms with Crippen molar-refractivity contribution in [2.24, 2.45) is 0 Å². The number of Topliss-reactive ketones (excluding diaryl/α,β-unsaturated/α-hetero) is 1. The summed E-state index contributed by atoms with van der Waals surface area (Å²) in [4.78, 5) is 23.6. The van der Waals surface area contributed by atoms with Crippen LogP contribution in [0.2, 0.25) is 0 Å². The molecule has 1 unspecified atom stereocenters. The van der Waals surface area contributed by atoms with E-state index in [0.29, 0.717) is 11.5 Å². The fraction of sp³-hybridized carbons (Fsp3) is 0.467. The quantitative estimate of drug-likeness (QED) is 0.725. The van der Waals surface area contributed by atoms with Gasteiger partial charge in [0.05, 0.1) is 29.6 Å². The highest BCUT2D eigenvalue weighted by molar-refractivity contribution is 7.85. The number of hydrogen-bond donors (Lipinski definition) is 0. The van der Waals surface area contributed by atoms with Gasteiger partial charge < -0.3 is 4.74 Å². The highest BCUT2D eigenvalue weighted by atomic mass is 32.2. The largest absolute Gasteiger partial charge is 0.466 e. The number of rotatable bonds is 7. The molecule has 0 fully saturated rings. The van der Waals surface area contributed by atoms with Crippen LogP contribution in [0.25, 0.3) is 0 Å². The normalized spacial score (nSPS) is 11.9. The number of esters is 1. The lowest BCUT2D eigenvalue weighted by Gasteiger charge is -2.07. The number of benzene rings is 1. The zero-order chi connectivity index (χ0) is 15.1. The molecule has 5 heteroatoms. The van der Waals surface area contributed by atoms with E-state index in [4.69, 9.17) is 4.74 Å². The van der Waals surface area contributed by atoms with E-state index < -0.39 is 16.8 Å². The lowest BCUT2D eigenvalue weighted by molar-refractivity contribution is -0.144. The van der Waals surface area contributed by atoms with Gasteiger partial charge in [0.2, 0.25) is 0 Å². The van der Waals surface area contributed by atoms with Crippen LogP contribution < -0.4 is 0 Å². The van der Waals surface area contributed by atoms with Crippen molar-refractivity contribution in [2.75, 3.05) is 12.4 Å². The summed E-state index contributed by atoms with van der Waals surface area (Å²) in [6, 6.07) is 5.67. The Kier molecular flexibility index (Phi) is 6.58. The second-order valence-electron chi connectivity index (χ2n) is 4.60. The van der Waals surface area contributed by atoms with Gasteiger partial charge in [0.1, 0.15) is 5.78 Å². The summed E-state index contributed by atoms with van der Waals surface area (Å²) in [6.45, 7) is 5.81. The van der Waals surface area contributed by atoms with E-state index in [1.165, 1.54) is 0 Å². The van der Waals surface area contributed by atoms with Crippen molar-refractivity contribution in [2.45, 2.75) is 38.5 Å². The van der Waals surface area contributed by atoms with Crippen molar-refractivity contribution in [1.29, 1.82) is 0 Å². The zero-order valence-corrected chi connectivity index (χ0v) is 12.9. The highest BCUT2D eigenvalue weighted by Gasteiger charge is 2.14. The van der Waals surface area contributed by atoms with Gasteiger partial charge in [-0.05, 0) is 38.0 Å². The second kappa shape index (κ2) is 7.94. The van der Waals surface area contributed by atoms with Crippen LogP contribution in [0, 0.1) is 13.8 Å². The Bertz CT molecular complexity index is 523. The Balaban J connectivity index is 2.55. The lowest BCUT2D eigenvalue weighted by atomic mass is 10.2. The molecule has 1 rings (SSSR count). The third kappa shape index (κ3) is 5.25. The molecule has 0 aliphatic rings. The fourth-order valence-electron chi connectivity index (χ4n) is 1.72. The SMILES string of the molecule is CCOC(=O)CCC(=O)CS(=O)c1cc(C)ccc1C. The van der Waals surface area contributed by atoms with Gasteiger partial charge in [-0.25, -0.2) is 0 Å². The van der Waals surface area contributed by atoms with Crippen LogP contribution in [0.15, 0.2) is 23.1 Å². The van der Waals surface area contributed by atoms with Crippen LogP contribution in [0.3, 0.4) is 0 Å². The molecule has 0 aliphatic heterocycles. The molecule has 0 saturated heterocycles. The Morgan fingerprint density at radius 3 is 2.55 bits per heavy atom. The Morgan fingerprint density at radius 1 is 1.20 bits per heavy atom. The molecular weight excluding hydrogens is 276 g/mol. The average molecular weight is 296 g/mol. The zero-order valence-electron chi connectivity index (χ0n) is 12.1. The van der Waals surface area contributed by atoms with E-state index >= 15 is 0 Å². The Labute approximate surface area is 122 Å². The number of ether oxygens (including phenoxy) is 1. The predicted octanol–water partition coefficient (Wildman–Crippen LogP) is 2.32. The molecule has 1 aromatic rings. The van der Waals surface area contributed by atoms with Crippen LogP contribution in [0.1, 0.15) is 30.9 Å². The molecule has 0 aromatic heterocycles. The first kappa shape index (κ1) is 16.6. The number of aryl methyl sites for hydroxylation is 2. The van der Waals surface area contributed by atoms with Crippen molar-refractivity contribution in [3.05, 3.63) is 29.3 Å². The standard InChI is InChI=1S/C15H20O4S/c1-4-19-15(17)8-7-13(16)10-20(18)14-9-11(2)5-6-12(14)3/h5-6,9H,4,7-8,10H2,1-3H3. The first-order valence-corrected chi connectivity index (χ1v) is 7.89. The van der Waals surface area contributed by atoms with Crippen molar-refractivity contribution in [3.63, 3.8) is 0 Å². The van der Waals surface area contributed by atoms with E-state index in [1.807, 2.05) is 32.0 Å². The summed E-state index contributed by atoms with van der Waals surface area (Å²) >= 11 is 0. The van der Waals surface area contributed by atoms with E-state index in [-0.39, 0.29) is 24.4 Å². The maximum Gasteiger partial charge on any atom is 0.306 e. The van der Waals surface area contributed by atoms with Gasteiger partial charge in [-0.2, -0.15) is 0 Å². The van der Waals surface area contributed by atoms with Crippen molar-refractivity contribution in [1.82, 2.24) is 0 Å². The number of ketones is 1. The molecule has 0 N–H and O–H groups in total. The van der Waals surface area contributed by atoms with E-state index in [0.717, 1.165) is 11.1 Å². The molecule has 0 amide bonds. The summed E-state index contributed by atoms with van der Waals surface area (Å²) < 4.78 is 16.9. The molecule has 0 saturated carbocycles. The van der Waals surface area contributed by atoms with Crippen molar-refractivity contribution in [3.8, 4) is 0 Å². The lowest BCUT2D eigenvalue weighted by Crippen LogP contribution is -2.14. The van der Waals surface area contributed by atoms with Crippen LogP contribution >= 0.6 is 0 Å². The van der Waals surface area contributed by atoms with E-state index in [1.54, 1.807) is 6.92 Å². The topological polar surface area (TPSA) is 60.4 Å². The minimum absolute atomic E-state index is 0.0519. The van der Waals surface area contributed by atoms with Gasteiger partial charge in [0.15, 0.2) is 0 Å². The summed E-state index contributed by atoms with van der Waals surface area (Å²) in [5, 5.41) is 0. The third-order valence-electron chi connectivity index (χ3n) is 2.79. The molecule has 0 aliphatic carbocycles. The van der Waals surface area contributed by atoms with Gasteiger partial charge in [-0.1, -0.05) is 12.1 Å². The van der Waals surface area contributed by atoms with Crippen molar-refractivity contribution < 1.29 is 18.5 Å². The maximum absolute atomic E-state index is 12.2. The van der Waals surface area contributed by atoms with Gasteiger partial charge in [-0.3, -0.25) is 13.8 Å². The second-order valence-corrected chi connectivity index (χ2v) is 6.02. The van der Waals surface area contributed by atoms with Gasteiger partial charge in [-0.15, -0.1) is 0 Å². The molecule has 0 bridgehead atoms. The van der Waals surface area contributed by atoms with Crippen LogP contribution in [-0.2, 0) is 25.1 Å². The number of carbonyl (C=O) groups excluding carboxylic acids is 2. The van der Waals surface area contributed by atoms with E-state index in [2.05, 4.69) is 0 Å². The van der Waals surface area contributed by atoms with Gasteiger partial charge in [0, 0.05) is 11.3 Å². The summed E-state index contributed by atoms with van der Waals surface area (Å²) in [5.74, 6) is -0.625. The molecule has 0 heterocycles.